The van der Waals surface area contributed by atoms with Gasteiger partial charge in [-0.25, -0.2) is 0 Å². The van der Waals surface area contributed by atoms with Gasteiger partial charge in [-0.15, -0.1) is 0 Å². The van der Waals surface area contributed by atoms with E-state index in [1.165, 1.54) is 60.4 Å². The lowest BCUT2D eigenvalue weighted by Gasteiger charge is -2.37. The van der Waals surface area contributed by atoms with E-state index in [9.17, 15) is 9.59 Å². The number of halogens is 1. The Labute approximate surface area is 372 Å². The molecule has 0 bridgehead atoms. The average molecular weight is 884 g/mol. The van der Waals surface area contributed by atoms with E-state index in [4.69, 9.17) is 0 Å². The van der Waals surface area contributed by atoms with E-state index >= 15 is 0 Å². The fourth-order valence-electron chi connectivity index (χ4n) is 9.10. The fraction of sp³-hybridized carbons (Fsp3) is 0.429. The van der Waals surface area contributed by atoms with Gasteiger partial charge in [0.2, 0.25) is 0 Å². The maximum Gasteiger partial charge on any atom is 0.195 e. The molecule has 0 aliphatic heterocycles. The second-order valence-electron chi connectivity index (χ2n) is 19.7. The third-order valence-electron chi connectivity index (χ3n) is 12.6. The molecule has 2 nitrogen and oxygen atoms in total. The van der Waals surface area contributed by atoms with Gasteiger partial charge < -0.3 is 0 Å². The number of ketones is 2. The molecule has 0 radical (unpaired) electrons. The van der Waals surface area contributed by atoms with Gasteiger partial charge in [0.15, 0.2) is 11.6 Å². The zero-order chi connectivity index (χ0) is 44.2. The van der Waals surface area contributed by atoms with Crippen molar-refractivity contribution < 1.29 is 9.59 Å². The van der Waals surface area contributed by atoms with Crippen LogP contribution in [0.2, 0.25) is 0 Å². The summed E-state index contributed by atoms with van der Waals surface area (Å²) >= 11 is 3.58. The molecule has 0 atom stereocenters. The summed E-state index contributed by atoms with van der Waals surface area (Å²) in [4.78, 5) is 28.7. The van der Waals surface area contributed by atoms with Crippen molar-refractivity contribution in [3.05, 3.63) is 144 Å². The van der Waals surface area contributed by atoms with Crippen molar-refractivity contribution in [3.63, 3.8) is 0 Å². The quantitative estimate of drug-likeness (QED) is 0.115. The standard InChI is InChI=1S/C56H68BrO2P/c1-29(2)37-23-43(31(5)6)54(44(24-37)32(7)8)60(55-45(33(9)10)25-38(30(3)4)26-46(55)34(11)12)56-47(35(13)14)27-39(28-48(56)36(15)16)40-19-17-20-41-50(40)52(58)42-21-18-22-49(57)51(42)53(41)59/h17-36H,1-16H3. The molecule has 0 saturated heterocycles. The Morgan fingerprint density at radius 1 is 0.383 bits per heavy atom. The molecular formula is C56H68BrO2P. The number of carbonyl (C=O) groups is 2. The average Bonchev–Trinajstić information content (AvgIpc) is 3.18. The zero-order valence-electron chi connectivity index (χ0n) is 39.2. The zero-order valence-corrected chi connectivity index (χ0v) is 41.7. The topological polar surface area (TPSA) is 34.1 Å². The van der Waals surface area contributed by atoms with Crippen LogP contribution in [0.1, 0.15) is 234 Å². The van der Waals surface area contributed by atoms with Crippen molar-refractivity contribution in [1.82, 2.24) is 0 Å². The molecule has 1 aliphatic carbocycles. The Morgan fingerprint density at radius 3 is 1.03 bits per heavy atom. The van der Waals surface area contributed by atoms with Crippen LogP contribution in [0.25, 0.3) is 11.1 Å². The first-order valence-corrected chi connectivity index (χ1v) is 24.7. The van der Waals surface area contributed by atoms with Crippen LogP contribution in [0.15, 0.2) is 77.3 Å². The molecule has 0 unspecified atom stereocenters. The maximum atomic E-state index is 14.6. The first kappa shape index (κ1) is 45.9. The smallest absolute Gasteiger partial charge is 0.195 e. The van der Waals surface area contributed by atoms with Crippen molar-refractivity contribution >= 4 is 51.3 Å². The Kier molecular flexibility index (Phi) is 13.7. The number of benzene rings is 5. The summed E-state index contributed by atoms with van der Waals surface area (Å²) < 4.78 is 0.655. The van der Waals surface area contributed by atoms with Gasteiger partial charge in [0, 0.05) is 26.7 Å². The molecule has 1 aliphatic rings. The van der Waals surface area contributed by atoms with Crippen LogP contribution in [0.4, 0.5) is 0 Å². The van der Waals surface area contributed by atoms with Crippen LogP contribution >= 0.6 is 23.9 Å². The van der Waals surface area contributed by atoms with E-state index in [-0.39, 0.29) is 23.4 Å². The van der Waals surface area contributed by atoms with Crippen molar-refractivity contribution in [1.29, 1.82) is 0 Å². The monoisotopic (exact) mass is 882 g/mol. The highest BCUT2D eigenvalue weighted by Gasteiger charge is 2.37. The number of carbonyl (C=O) groups excluding carboxylic acids is 2. The van der Waals surface area contributed by atoms with Crippen LogP contribution in [0.3, 0.4) is 0 Å². The van der Waals surface area contributed by atoms with Crippen molar-refractivity contribution in [2.75, 3.05) is 0 Å². The van der Waals surface area contributed by atoms with Gasteiger partial charge >= 0.3 is 0 Å². The van der Waals surface area contributed by atoms with E-state index in [0.29, 0.717) is 62.2 Å². The predicted molar refractivity (Wildman–Crippen MR) is 264 cm³/mol. The van der Waals surface area contributed by atoms with Crippen molar-refractivity contribution in [2.45, 2.75) is 158 Å². The number of hydrogen-bond acceptors (Lipinski definition) is 2. The molecule has 0 N–H and O–H groups in total. The van der Waals surface area contributed by atoms with Crippen LogP contribution in [0.5, 0.6) is 0 Å². The third kappa shape index (κ3) is 8.32. The Balaban J connectivity index is 1.82. The summed E-state index contributed by atoms with van der Waals surface area (Å²) in [5.41, 5.74) is 15.1. The largest absolute Gasteiger partial charge is 0.289 e. The third-order valence-corrected chi connectivity index (χ3v) is 16.2. The molecule has 6 rings (SSSR count). The van der Waals surface area contributed by atoms with Gasteiger partial charge in [-0.1, -0.05) is 193 Å². The highest BCUT2D eigenvalue weighted by atomic mass is 79.9. The molecular weight excluding hydrogens is 815 g/mol. The molecule has 5 aromatic rings. The van der Waals surface area contributed by atoms with Gasteiger partial charge in [-0.05, 0) is 133 Å². The molecule has 0 heterocycles. The molecule has 0 fully saturated rings. The van der Waals surface area contributed by atoms with Gasteiger partial charge in [-0.2, -0.15) is 0 Å². The lowest BCUT2D eigenvalue weighted by molar-refractivity contribution is 0.0979. The molecule has 4 heteroatoms. The van der Waals surface area contributed by atoms with E-state index in [1.54, 1.807) is 6.07 Å². The van der Waals surface area contributed by atoms with Crippen LogP contribution in [-0.2, 0) is 0 Å². The highest BCUT2D eigenvalue weighted by Crippen LogP contribution is 2.49. The molecule has 0 aromatic heterocycles. The van der Waals surface area contributed by atoms with E-state index in [1.807, 2.05) is 24.3 Å². The number of hydrogen-bond donors (Lipinski definition) is 0. The van der Waals surface area contributed by atoms with Gasteiger partial charge in [0.25, 0.3) is 0 Å². The summed E-state index contributed by atoms with van der Waals surface area (Å²) in [6.07, 6.45) is 0. The Hall–Kier alpha value is -3.65. The SMILES string of the molecule is CC(C)c1cc(C(C)C)c(P(c2c(C(C)C)cc(-c3cccc4c3C(=O)c3cccc(Br)c3C4=O)cc2C(C)C)c2c(C(C)C)cc(C(C)C)cc2C(C)C)c(C(C)C)c1. The van der Waals surface area contributed by atoms with E-state index in [0.717, 1.165) is 11.1 Å². The number of rotatable bonds is 12. The molecule has 0 spiro atoms. The van der Waals surface area contributed by atoms with Crippen molar-refractivity contribution in [2.24, 2.45) is 0 Å². The minimum absolute atomic E-state index is 0.0955. The van der Waals surface area contributed by atoms with Crippen molar-refractivity contribution in [3.8, 4) is 11.1 Å². The molecule has 0 saturated carbocycles. The minimum atomic E-state index is -1.10. The first-order valence-electron chi connectivity index (χ1n) is 22.5. The second-order valence-corrected chi connectivity index (χ2v) is 22.6. The normalized spacial score (nSPS) is 13.2. The Morgan fingerprint density at radius 2 is 0.683 bits per heavy atom. The van der Waals surface area contributed by atoms with Gasteiger partial charge in [0.05, 0.1) is 0 Å². The van der Waals surface area contributed by atoms with Crippen LogP contribution in [-0.4, -0.2) is 11.6 Å². The number of fused-ring (bicyclic) bond motifs is 2. The molecule has 0 amide bonds. The Bertz CT molecular complexity index is 2300. The predicted octanol–water partition coefficient (Wildman–Crippen LogP) is 15.6. The summed E-state index contributed by atoms with van der Waals surface area (Å²) in [5, 5.41) is 4.51. The summed E-state index contributed by atoms with van der Waals surface area (Å²) in [7, 11) is -1.10. The summed E-state index contributed by atoms with van der Waals surface area (Å²) in [6, 6.07) is 26.3. The highest BCUT2D eigenvalue weighted by molar-refractivity contribution is 9.10. The molecule has 5 aromatic carbocycles. The van der Waals surface area contributed by atoms with Crippen LogP contribution in [0, 0.1) is 0 Å². The van der Waals surface area contributed by atoms with E-state index < -0.39 is 7.92 Å². The minimum Gasteiger partial charge on any atom is -0.289 e. The van der Waals surface area contributed by atoms with Gasteiger partial charge in [-0.3, -0.25) is 9.59 Å². The molecule has 316 valence electrons. The summed E-state index contributed by atoms with van der Waals surface area (Å²) in [6.45, 7) is 37.8. The lowest BCUT2D eigenvalue weighted by Crippen LogP contribution is -2.35. The first-order chi connectivity index (χ1) is 28.2. The summed E-state index contributed by atoms with van der Waals surface area (Å²) in [5.74, 6) is 2.31. The van der Waals surface area contributed by atoms with Crippen LogP contribution < -0.4 is 15.9 Å². The maximum absolute atomic E-state index is 14.6. The lowest BCUT2D eigenvalue weighted by atomic mass is 9.79. The molecule has 60 heavy (non-hydrogen) atoms. The van der Waals surface area contributed by atoms with E-state index in [2.05, 4.69) is 169 Å². The fourth-order valence-corrected chi connectivity index (χ4v) is 13.8. The van der Waals surface area contributed by atoms with Gasteiger partial charge in [0.1, 0.15) is 0 Å². The second kappa shape index (κ2) is 18.0.